The second-order valence-electron chi connectivity index (χ2n) is 5.84. The Bertz CT molecular complexity index is 478. The number of hydrogen-bond donors (Lipinski definition) is 4. The predicted octanol–water partition coefficient (Wildman–Crippen LogP) is 3.07. The molecule has 6 heteroatoms. The van der Waals surface area contributed by atoms with E-state index in [2.05, 4.69) is 16.2 Å². The van der Waals surface area contributed by atoms with Gasteiger partial charge < -0.3 is 10.4 Å². The zero-order valence-electron chi connectivity index (χ0n) is 12.8. The number of nitrogens with one attached hydrogen (secondary N) is 3. The first kappa shape index (κ1) is 17.6. The number of amides is 2. The number of aliphatic hydroxyl groups excluding tert-OH is 1. The second kappa shape index (κ2) is 8.10. The molecule has 1 rings (SSSR count). The van der Waals surface area contributed by atoms with E-state index in [0.29, 0.717) is 11.6 Å². The lowest BCUT2D eigenvalue weighted by Crippen LogP contribution is -2.39. The molecule has 0 spiro atoms. The van der Waals surface area contributed by atoms with E-state index >= 15 is 0 Å². The largest absolute Gasteiger partial charge is 0.396 e. The van der Waals surface area contributed by atoms with Crippen molar-refractivity contribution in [3.63, 3.8) is 0 Å². The molecule has 2 amide bonds. The molecule has 0 saturated heterocycles. The number of hydrazine groups is 1. The van der Waals surface area contributed by atoms with Crippen LogP contribution in [-0.4, -0.2) is 24.3 Å². The molecule has 0 heterocycles. The molecule has 1 aromatic rings. The summed E-state index contributed by atoms with van der Waals surface area (Å²) in [5.74, 6) is 0. The molecule has 0 fully saturated rings. The summed E-state index contributed by atoms with van der Waals surface area (Å²) in [6.45, 7) is 6.58. The molecular weight excluding hydrogens is 290 g/mol. The molecule has 0 saturated carbocycles. The van der Waals surface area contributed by atoms with Crippen molar-refractivity contribution in [2.45, 2.75) is 33.6 Å². The van der Waals surface area contributed by atoms with Gasteiger partial charge in [-0.1, -0.05) is 31.5 Å². The van der Waals surface area contributed by atoms with Gasteiger partial charge in [-0.3, -0.25) is 10.9 Å². The van der Waals surface area contributed by atoms with E-state index in [1.165, 1.54) is 0 Å². The van der Waals surface area contributed by atoms with Gasteiger partial charge in [-0.05, 0) is 42.9 Å². The molecular formula is C15H24ClN3O2. The van der Waals surface area contributed by atoms with Crippen LogP contribution in [0.3, 0.4) is 0 Å². The minimum atomic E-state index is -0.295. The molecule has 21 heavy (non-hydrogen) atoms. The van der Waals surface area contributed by atoms with Crippen LogP contribution in [0.5, 0.6) is 0 Å². The van der Waals surface area contributed by atoms with Crippen molar-refractivity contribution in [3.05, 3.63) is 28.8 Å². The number of urea groups is 1. The van der Waals surface area contributed by atoms with Crippen LogP contribution in [0, 0.1) is 12.3 Å². The van der Waals surface area contributed by atoms with Crippen LogP contribution in [0.15, 0.2) is 18.2 Å². The Kier molecular flexibility index (Phi) is 6.78. The van der Waals surface area contributed by atoms with Gasteiger partial charge in [0.05, 0.1) is 5.69 Å². The van der Waals surface area contributed by atoms with Crippen LogP contribution in [0.25, 0.3) is 0 Å². The molecule has 1 aromatic carbocycles. The predicted molar refractivity (Wildman–Crippen MR) is 86.4 cm³/mol. The first-order chi connectivity index (χ1) is 9.85. The van der Waals surface area contributed by atoms with Gasteiger partial charge in [0.2, 0.25) is 0 Å². The maximum absolute atomic E-state index is 11.6. The summed E-state index contributed by atoms with van der Waals surface area (Å²) in [5, 5.41) is 12.5. The first-order valence-corrected chi connectivity index (χ1v) is 7.39. The fraction of sp³-hybridized carbons (Fsp3) is 0.533. The lowest BCUT2D eigenvalue weighted by atomic mass is 9.89. The van der Waals surface area contributed by atoms with Crippen molar-refractivity contribution in [1.82, 2.24) is 10.7 Å². The van der Waals surface area contributed by atoms with E-state index in [4.69, 9.17) is 16.7 Å². The lowest BCUT2D eigenvalue weighted by molar-refractivity contribution is 0.148. The third kappa shape index (κ3) is 6.23. The van der Waals surface area contributed by atoms with Gasteiger partial charge in [0.1, 0.15) is 0 Å². The number of benzene rings is 1. The third-order valence-electron chi connectivity index (χ3n) is 3.32. The Labute approximate surface area is 131 Å². The molecule has 4 N–H and O–H groups in total. The van der Waals surface area contributed by atoms with E-state index in [-0.39, 0.29) is 18.1 Å². The molecule has 118 valence electrons. The SMILES string of the molecule is Cc1c(Cl)cccc1NNC(=O)NCCCC(C)(C)CO. The minimum Gasteiger partial charge on any atom is -0.396 e. The first-order valence-electron chi connectivity index (χ1n) is 7.01. The summed E-state index contributed by atoms with van der Waals surface area (Å²) in [6, 6.07) is 5.15. The van der Waals surface area contributed by atoms with Gasteiger partial charge >= 0.3 is 6.03 Å². The second-order valence-corrected chi connectivity index (χ2v) is 6.25. The van der Waals surface area contributed by atoms with Crippen molar-refractivity contribution in [1.29, 1.82) is 0 Å². The van der Waals surface area contributed by atoms with Crippen molar-refractivity contribution < 1.29 is 9.90 Å². The molecule has 0 aliphatic heterocycles. The summed E-state index contributed by atoms with van der Waals surface area (Å²) < 4.78 is 0. The quantitative estimate of drug-likeness (QED) is 0.462. The Morgan fingerprint density at radius 2 is 2.10 bits per heavy atom. The van der Waals surface area contributed by atoms with Crippen LogP contribution in [0.4, 0.5) is 10.5 Å². The van der Waals surface area contributed by atoms with Crippen LogP contribution in [0.1, 0.15) is 32.3 Å². The zero-order chi connectivity index (χ0) is 15.9. The lowest BCUT2D eigenvalue weighted by Gasteiger charge is -2.21. The van der Waals surface area contributed by atoms with Crippen molar-refractivity contribution in [3.8, 4) is 0 Å². The molecule has 0 atom stereocenters. The smallest absolute Gasteiger partial charge is 0.333 e. The van der Waals surface area contributed by atoms with Gasteiger partial charge in [-0.2, -0.15) is 0 Å². The summed E-state index contributed by atoms with van der Waals surface area (Å²) in [4.78, 5) is 11.6. The van der Waals surface area contributed by atoms with Gasteiger partial charge in [-0.15, -0.1) is 0 Å². The standard InChI is InChI=1S/C15H24ClN3O2/c1-11-12(16)6-4-7-13(11)18-19-14(21)17-9-5-8-15(2,3)10-20/h4,6-7,18,20H,5,8-10H2,1-3H3,(H2,17,19,21). The van der Waals surface area contributed by atoms with E-state index < -0.39 is 0 Å². The maximum atomic E-state index is 11.6. The van der Waals surface area contributed by atoms with Crippen molar-refractivity contribution >= 4 is 23.3 Å². The van der Waals surface area contributed by atoms with Crippen molar-refractivity contribution in [2.75, 3.05) is 18.6 Å². The van der Waals surface area contributed by atoms with E-state index in [9.17, 15) is 4.79 Å². The average Bonchev–Trinajstić information content (AvgIpc) is 2.45. The van der Waals surface area contributed by atoms with Gasteiger partial charge in [0.15, 0.2) is 0 Å². The molecule has 0 unspecified atom stereocenters. The minimum absolute atomic E-state index is 0.103. The number of hydrogen-bond acceptors (Lipinski definition) is 3. The summed E-state index contributed by atoms with van der Waals surface area (Å²) in [6.07, 6.45) is 1.67. The maximum Gasteiger partial charge on any atom is 0.333 e. The Morgan fingerprint density at radius 1 is 1.38 bits per heavy atom. The summed E-state index contributed by atoms with van der Waals surface area (Å²) >= 11 is 6.00. The fourth-order valence-corrected chi connectivity index (χ4v) is 1.93. The van der Waals surface area contributed by atoms with Gasteiger partial charge in [-0.25, -0.2) is 4.79 Å². The van der Waals surface area contributed by atoms with Crippen LogP contribution >= 0.6 is 11.6 Å². The third-order valence-corrected chi connectivity index (χ3v) is 3.73. The number of carbonyl (C=O) groups is 1. The van der Waals surface area contributed by atoms with Gasteiger partial charge in [0.25, 0.3) is 0 Å². The van der Waals surface area contributed by atoms with E-state index in [0.717, 1.165) is 24.1 Å². The molecule has 5 nitrogen and oxygen atoms in total. The van der Waals surface area contributed by atoms with Crippen molar-refractivity contribution in [2.24, 2.45) is 5.41 Å². The Balaban J connectivity index is 2.27. The number of carbonyl (C=O) groups excluding carboxylic acids is 1. The summed E-state index contributed by atoms with van der Waals surface area (Å²) in [7, 11) is 0. The summed E-state index contributed by atoms with van der Waals surface area (Å²) in [5.41, 5.74) is 6.94. The number of aliphatic hydroxyl groups is 1. The molecule has 0 radical (unpaired) electrons. The zero-order valence-corrected chi connectivity index (χ0v) is 13.5. The number of halogens is 1. The Morgan fingerprint density at radius 3 is 2.76 bits per heavy atom. The molecule has 0 aliphatic rings. The average molecular weight is 314 g/mol. The van der Waals surface area contributed by atoms with Crippen LogP contribution in [0.2, 0.25) is 5.02 Å². The highest BCUT2D eigenvalue weighted by Crippen LogP contribution is 2.22. The highest BCUT2D eigenvalue weighted by atomic mass is 35.5. The normalized spacial score (nSPS) is 11.1. The van der Waals surface area contributed by atoms with E-state index in [1.54, 1.807) is 6.07 Å². The fourth-order valence-electron chi connectivity index (χ4n) is 1.76. The molecule has 0 bridgehead atoms. The van der Waals surface area contributed by atoms with E-state index in [1.807, 2.05) is 32.9 Å². The number of anilines is 1. The monoisotopic (exact) mass is 313 g/mol. The van der Waals surface area contributed by atoms with Crippen LogP contribution < -0.4 is 16.2 Å². The number of rotatable bonds is 7. The van der Waals surface area contributed by atoms with Gasteiger partial charge in [0, 0.05) is 18.2 Å². The molecule has 0 aliphatic carbocycles. The highest BCUT2D eigenvalue weighted by molar-refractivity contribution is 6.31. The topological polar surface area (TPSA) is 73.4 Å². The van der Waals surface area contributed by atoms with Crippen LogP contribution in [-0.2, 0) is 0 Å². The highest BCUT2D eigenvalue weighted by Gasteiger charge is 2.15. The Hall–Kier alpha value is -1.46. The molecule has 0 aromatic heterocycles.